The topological polar surface area (TPSA) is 73.1 Å². The van der Waals surface area contributed by atoms with Crippen LogP contribution in [0.2, 0.25) is 0 Å². The van der Waals surface area contributed by atoms with Crippen LogP contribution in [0.5, 0.6) is 0 Å². The van der Waals surface area contributed by atoms with Crippen LogP contribution in [0.25, 0.3) is 0 Å². The fourth-order valence-electron chi connectivity index (χ4n) is 1.05. The summed E-state index contributed by atoms with van der Waals surface area (Å²) in [6, 6.07) is 5.37. The maximum Gasteiger partial charge on any atom is 0.192 e. The molecule has 0 unspecified atom stereocenters. The maximum atomic E-state index is 8.05. The second-order valence-corrected chi connectivity index (χ2v) is 3.19. The van der Waals surface area contributed by atoms with Crippen molar-refractivity contribution in [1.29, 1.82) is 0 Å². The van der Waals surface area contributed by atoms with Crippen LogP contribution in [0.4, 0.5) is 0 Å². The van der Waals surface area contributed by atoms with Crippen molar-refractivity contribution in [3.8, 4) is 0 Å². The van der Waals surface area contributed by atoms with E-state index in [1.54, 1.807) is 25.4 Å². The van der Waals surface area contributed by atoms with Gasteiger partial charge in [-0.2, -0.15) is 0 Å². The Morgan fingerprint density at radius 2 is 2.18 bits per heavy atom. The van der Waals surface area contributed by atoms with Crippen molar-refractivity contribution in [2.75, 3.05) is 28.2 Å². The Labute approximate surface area is 102 Å². The van der Waals surface area contributed by atoms with Crippen LogP contribution in [0, 0.1) is 0 Å². The minimum Gasteiger partial charge on any atom is -0.411 e. The van der Waals surface area contributed by atoms with Crippen LogP contribution < -0.4 is 5.32 Å². The average Bonchev–Trinajstić information content (AvgIpc) is 2.33. The summed E-state index contributed by atoms with van der Waals surface area (Å²) in [6.07, 6.45) is 2.91. The van der Waals surface area contributed by atoms with Gasteiger partial charge in [0.05, 0.1) is 11.9 Å². The lowest BCUT2D eigenvalue weighted by molar-refractivity contribution is 0.321. The SMILES string of the molecule is CN=C(NC)N(C)C.O/N=C\c1ccccn1. The van der Waals surface area contributed by atoms with Crippen molar-refractivity contribution in [3.63, 3.8) is 0 Å². The number of aromatic nitrogens is 1. The summed E-state index contributed by atoms with van der Waals surface area (Å²) >= 11 is 0. The lowest BCUT2D eigenvalue weighted by Gasteiger charge is -2.12. The molecule has 2 N–H and O–H groups in total. The predicted molar refractivity (Wildman–Crippen MR) is 69.7 cm³/mol. The van der Waals surface area contributed by atoms with Crippen LogP contribution in [0.15, 0.2) is 34.5 Å². The van der Waals surface area contributed by atoms with Crippen molar-refractivity contribution in [3.05, 3.63) is 30.1 Å². The molecule has 1 heterocycles. The van der Waals surface area contributed by atoms with Crippen LogP contribution in [0.3, 0.4) is 0 Å². The summed E-state index contributed by atoms with van der Waals surface area (Å²) in [6.45, 7) is 0. The fourth-order valence-corrected chi connectivity index (χ4v) is 1.05. The van der Waals surface area contributed by atoms with Crippen molar-refractivity contribution in [1.82, 2.24) is 15.2 Å². The first kappa shape index (κ1) is 14.9. The molecule has 0 saturated heterocycles. The first-order chi connectivity index (χ1) is 8.15. The minimum absolute atomic E-state index is 0.653. The van der Waals surface area contributed by atoms with Gasteiger partial charge in [-0.05, 0) is 12.1 Å². The highest BCUT2D eigenvalue weighted by atomic mass is 16.4. The monoisotopic (exact) mass is 237 g/mol. The van der Waals surface area contributed by atoms with E-state index in [2.05, 4.69) is 20.4 Å². The number of pyridine rings is 1. The molecule has 0 amide bonds. The van der Waals surface area contributed by atoms with Crippen LogP contribution in [-0.2, 0) is 0 Å². The van der Waals surface area contributed by atoms with E-state index in [0.29, 0.717) is 5.69 Å². The second kappa shape index (κ2) is 9.14. The third-order valence-electron chi connectivity index (χ3n) is 1.74. The number of rotatable bonds is 1. The van der Waals surface area contributed by atoms with E-state index < -0.39 is 0 Å². The highest BCUT2D eigenvalue weighted by molar-refractivity contribution is 5.78. The molecule has 6 nitrogen and oxygen atoms in total. The number of hydrogen-bond donors (Lipinski definition) is 2. The molecule has 1 rings (SSSR count). The highest BCUT2D eigenvalue weighted by Gasteiger charge is 1.91. The molecule has 0 fully saturated rings. The highest BCUT2D eigenvalue weighted by Crippen LogP contribution is 1.86. The van der Waals surface area contributed by atoms with Gasteiger partial charge < -0.3 is 15.4 Å². The molecule has 0 aliphatic carbocycles. The first-order valence-corrected chi connectivity index (χ1v) is 5.06. The lowest BCUT2D eigenvalue weighted by Crippen LogP contribution is -2.33. The number of aliphatic imine (C=N–C) groups is 1. The van der Waals surface area contributed by atoms with Crippen molar-refractivity contribution in [2.24, 2.45) is 10.1 Å². The van der Waals surface area contributed by atoms with Gasteiger partial charge in [0.25, 0.3) is 0 Å². The van der Waals surface area contributed by atoms with Crippen LogP contribution in [0.1, 0.15) is 5.69 Å². The van der Waals surface area contributed by atoms with Gasteiger partial charge in [0.1, 0.15) is 0 Å². The molecule has 0 bridgehead atoms. The second-order valence-electron chi connectivity index (χ2n) is 3.19. The minimum atomic E-state index is 0.653. The van der Waals surface area contributed by atoms with Gasteiger partial charge in [-0.1, -0.05) is 11.2 Å². The summed E-state index contributed by atoms with van der Waals surface area (Å²) in [5.41, 5.74) is 0.653. The van der Waals surface area contributed by atoms with Gasteiger partial charge in [0.2, 0.25) is 0 Å². The molecule has 0 saturated carbocycles. The van der Waals surface area contributed by atoms with Gasteiger partial charge >= 0.3 is 0 Å². The third-order valence-corrected chi connectivity index (χ3v) is 1.74. The Bertz CT molecular complexity index is 348. The summed E-state index contributed by atoms with van der Waals surface area (Å²) in [5, 5.41) is 13.8. The molecule has 0 aliphatic rings. The Hall–Kier alpha value is -2.11. The molecule has 17 heavy (non-hydrogen) atoms. The van der Waals surface area contributed by atoms with Gasteiger partial charge in [0, 0.05) is 34.4 Å². The molecule has 94 valence electrons. The molecule has 0 spiro atoms. The zero-order valence-electron chi connectivity index (χ0n) is 10.6. The molecule has 0 radical (unpaired) electrons. The summed E-state index contributed by atoms with van der Waals surface area (Å²) in [4.78, 5) is 9.71. The molecule has 0 atom stereocenters. The smallest absolute Gasteiger partial charge is 0.192 e. The summed E-state index contributed by atoms with van der Waals surface area (Å²) < 4.78 is 0. The van der Waals surface area contributed by atoms with Gasteiger partial charge in [-0.25, -0.2) is 0 Å². The van der Waals surface area contributed by atoms with Crippen molar-refractivity contribution >= 4 is 12.2 Å². The summed E-state index contributed by atoms with van der Waals surface area (Å²) in [5.74, 6) is 0.894. The lowest BCUT2D eigenvalue weighted by atomic mass is 10.4. The van der Waals surface area contributed by atoms with Crippen LogP contribution >= 0.6 is 0 Å². The van der Waals surface area contributed by atoms with Crippen molar-refractivity contribution < 1.29 is 5.21 Å². The van der Waals surface area contributed by atoms with Crippen LogP contribution in [-0.4, -0.2) is 55.5 Å². The first-order valence-electron chi connectivity index (χ1n) is 5.06. The van der Waals surface area contributed by atoms with E-state index in [0.717, 1.165) is 5.96 Å². The third kappa shape index (κ3) is 6.88. The summed E-state index contributed by atoms with van der Waals surface area (Å²) in [7, 11) is 7.49. The van der Waals surface area contributed by atoms with E-state index >= 15 is 0 Å². The van der Waals surface area contributed by atoms with Gasteiger partial charge in [-0.15, -0.1) is 0 Å². The zero-order chi connectivity index (χ0) is 13.1. The zero-order valence-corrected chi connectivity index (χ0v) is 10.6. The fraction of sp³-hybridized carbons (Fsp3) is 0.364. The number of oxime groups is 1. The Kier molecular flexibility index (Phi) is 8.01. The quantitative estimate of drug-likeness (QED) is 0.325. The average molecular weight is 237 g/mol. The van der Waals surface area contributed by atoms with E-state index in [1.165, 1.54) is 6.21 Å². The standard InChI is InChI=1S/C6H6N2O.C5H13N3/c9-8-5-6-3-1-2-4-7-6;1-6-5(7-2)8(3)4/h1-5,9H;1-4H3,(H,6,7)/b8-5-;. The largest absolute Gasteiger partial charge is 0.411 e. The molecular formula is C11H19N5O. The normalized spacial score (nSPS) is 10.7. The Morgan fingerprint density at radius 1 is 1.47 bits per heavy atom. The van der Waals surface area contributed by atoms with E-state index in [1.807, 2.05) is 32.1 Å². The Balaban J connectivity index is 0.000000304. The van der Waals surface area contributed by atoms with Gasteiger partial charge in [0.15, 0.2) is 5.96 Å². The molecule has 6 heteroatoms. The molecule has 1 aromatic rings. The van der Waals surface area contributed by atoms with Crippen molar-refractivity contribution in [2.45, 2.75) is 0 Å². The van der Waals surface area contributed by atoms with Gasteiger partial charge in [-0.3, -0.25) is 9.98 Å². The van der Waals surface area contributed by atoms with E-state index in [-0.39, 0.29) is 0 Å². The number of guanidine groups is 1. The number of hydrogen-bond acceptors (Lipinski definition) is 4. The number of nitrogens with one attached hydrogen (secondary N) is 1. The molecular weight excluding hydrogens is 218 g/mol. The molecule has 1 aromatic heterocycles. The molecule has 0 aromatic carbocycles. The Morgan fingerprint density at radius 3 is 2.47 bits per heavy atom. The molecule has 0 aliphatic heterocycles. The predicted octanol–water partition coefficient (Wildman–Crippen LogP) is 0.643. The maximum absolute atomic E-state index is 8.05. The van der Waals surface area contributed by atoms with E-state index in [4.69, 9.17) is 5.21 Å². The van der Waals surface area contributed by atoms with E-state index in [9.17, 15) is 0 Å². The number of nitrogens with zero attached hydrogens (tertiary/aromatic N) is 4.